The number of methoxy groups -OCH3 is 1. The summed E-state index contributed by atoms with van der Waals surface area (Å²) in [4.78, 5) is 15.6. The third kappa shape index (κ3) is 6.85. The third-order valence-electron chi connectivity index (χ3n) is 6.71. The molecule has 1 amide bonds. The summed E-state index contributed by atoms with van der Waals surface area (Å²) in [6.07, 6.45) is -2.71. The Morgan fingerprint density at radius 1 is 1.08 bits per heavy atom. The van der Waals surface area contributed by atoms with E-state index >= 15 is 0 Å². The van der Waals surface area contributed by atoms with Crippen LogP contribution in [0.15, 0.2) is 48.5 Å². The molecule has 0 aliphatic carbocycles. The number of ether oxygens (including phenoxy) is 2. The van der Waals surface area contributed by atoms with Gasteiger partial charge in [0.05, 0.1) is 16.5 Å². The summed E-state index contributed by atoms with van der Waals surface area (Å²) in [5.41, 5.74) is 1.45. The highest BCUT2D eigenvalue weighted by Gasteiger charge is 2.48. The molecule has 204 valence electrons. The molecule has 3 rings (SSSR count). The van der Waals surface area contributed by atoms with E-state index in [9.17, 15) is 18.3 Å². The fraction of sp³-hybridized carbons (Fsp3) is 0.519. The van der Waals surface area contributed by atoms with Crippen molar-refractivity contribution in [3.05, 3.63) is 69.7 Å². The molecule has 1 saturated heterocycles. The van der Waals surface area contributed by atoms with Crippen molar-refractivity contribution < 1.29 is 27.8 Å². The van der Waals surface area contributed by atoms with E-state index in [1.165, 1.54) is 7.11 Å². The Morgan fingerprint density at radius 2 is 1.73 bits per heavy atom. The SMILES string of the molecule is CCC(CS(=O)(=O)C(C)(C)C)N1C(=O)C(CC(O)OC)OC(c2cccc(Cl)c2)C1c1ccc(Cl)cc1. The maximum absolute atomic E-state index is 14.0. The van der Waals surface area contributed by atoms with Gasteiger partial charge >= 0.3 is 0 Å². The molecule has 0 bridgehead atoms. The Labute approximate surface area is 229 Å². The maximum Gasteiger partial charge on any atom is 0.252 e. The zero-order chi connectivity index (χ0) is 27.5. The van der Waals surface area contributed by atoms with E-state index in [4.69, 9.17) is 32.7 Å². The van der Waals surface area contributed by atoms with Gasteiger partial charge in [-0.05, 0) is 62.6 Å². The highest BCUT2D eigenvalue weighted by atomic mass is 35.5. The van der Waals surface area contributed by atoms with Crippen molar-refractivity contribution in [1.29, 1.82) is 0 Å². The van der Waals surface area contributed by atoms with E-state index in [1.807, 2.05) is 25.1 Å². The van der Waals surface area contributed by atoms with Crippen LogP contribution in [0.2, 0.25) is 10.0 Å². The van der Waals surface area contributed by atoms with Gasteiger partial charge in [0.15, 0.2) is 16.1 Å². The second-order valence-corrected chi connectivity index (χ2v) is 13.9. The number of morpholine rings is 1. The normalized spacial score (nSPS) is 22.6. The number of rotatable bonds is 9. The average molecular weight is 573 g/mol. The number of aliphatic hydroxyl groups is 1. The summed E-state index contributed by atoms with van der Waals surface area (Å²) in [5.74, 6) is -0.629. The van der Waals surface area contributed by atoms with Gasteiger partial charge in [0, 0.05) is 29.6 Å². The summed E-state index contributed by atoms with van der Waals surface area (Å²) in [7, 11) is -2.24. The Balaban J connectivity index is 2.20. The molecule has 37 heavy (non-hydrogen) atoms. The number of nitrogens with zero attached hydrogens (tertiary/aromatic N) is 1. The molecule has 1 N–H and O–H groups in total. The van der Waals surface area contributed by atoms with E-state index in [0.717, 1.165) is 11.1 Å². The number of amides is 1. The van der Waals surface area contributed by atoms with Crippen molar-refractivity contribution in [3.8, 4) is 0 Å². The number of carbonyl (C=O) groups is 1. The summed E-state index contributed by atoms with van der Waals surface area (Å²) in [5, 5.41) is 11.2. The van der Waals surface area contributed by atoms with Crippen LogP contribution in [0.1, 0.15) is 63.8 Å². The largest absolute Gasteiger partial charge is 0.368 e. The summed E-state index contributed by atoms with van der Waals surface area (Å²) >= 11 is 12.5. The minimum absolute atomic E-state index is 0.112. The van der Waals surface area contributed by atoms with E-state index in [-0.39, 0.29) is 12.2 Å². The molecule has 0 aromatic heterocycles. The van der Waals surface area contributed by atoms with Crippen LogP contribution < -0.4 is 0 Å². The number of halogens is 2. The van der Waals surface area contributed by atoms with Gasteiger partial charge in [0.1, 0.15) is 12.2 Å². The molecule has 0 saturated carbocycles. The van der Waals surface area contributed by atoms with Crippen LogP contribution in [0.4, 0.5) is 0 Å². The van der Waals surface area contributed by atoms with Crippen molar-refractivity contribution in [2.24, 2.45) is 0 Å². The van der Waals surface area contributed by atoms with Crippen molar-refractivity contribution in [3.63, 3.8) is 0 Å². The zero-order valence-corrected chi connectivity index (χ0v) is 24.1. The number of benzene rings is 2. The molecule has 0 spiro atoms. The molecule has 1 fully saturated rings. The fourth-order valence-corrected chi connectivity index (χ4v) is 6.17. The molecule has 1 heterocycles. The Bertz CT molecular complexity index is 1180. The molecular formula is C27H35Cl2NO6S. The molecule has 10 heteroatoms. The standard InChI is InChI=1S/C27H35Cl2NO6S/c1-6-21(16-37(33,34)27(2,3)4)30-24(17-10-12-19(28)13-11-17)25(18-8-7-9-20(29)14-18)36-22(26(30)32)15-23(31)35-5/h7-14,21-25,31H,6,15-16H2,1-5H3. The molecule has 2 aromatic rings. The second-order valence-electron chi connectivity index (χ2n) is 10.2. The molecule has 2 aromatic carbocycles. The number of hydrogen-bond donors (Lipinski definition) is 1. The highest BCUT2D eigenvalue weighted by molar-refractivity contribution is 7.92. The van der Waals surface area contributed by atoms with E-state index in [0.29, 0.717) is 16.5 Å². The summed E-state index contributed by atoms with van der Waals surface area (Å²) in [6.45, 7) is 6.82. The maximum atomic E-state index is 14.0. The van der Waals surface area contributed by atoms with Gasteiger partial charge in [-0.1, -0.05) is 54.4 Å². The van der Waals surface area contributed by atoms with Gasteiger partial charge in [-0.15, -0.1) is 0 Å². The van der Waals surface area contributed by atoms with Gasteiger partial charge in [-0.25, -0.2) is 8.42 Å². The van der Waals surface area contributed by atoms with Crippen LogP contribution in [0.5, 0.6) is 0 Å². The van der Waals surface area contributed by atoms with E-state index in [2.05, 4.69) is 0 Å². The zero-order valence-electron chi connectivity index (χ0n) is 21.7. The quantitative estimate of drug-likeness (QED) is 0.408. The predicted octanol–water partition coefficient (Wildman–Crippen LogP) is 5.35. The van der Waals surface area contributed by atoms with Crippen LogP contribution in [-0.4, -0.2) is 60.4 Å². The first kappa shape index (κ1) is 29.9. The van der Waals surface area contributed by atoms with E-state index < -0.39 is 51.1 Å². The second kappa shape index (κ2) is 12.0. The first-order valence-electron chi connectivity index (χ1n) is 12.2. The van der Waals surface area contributed by atoms with Crippen molar-refractivity contribution in [1.82, 2.24) is 4.90 Å². The number of carbonyl (C=O) groups excluding carboxylic acids is 1. The lowest BCUT2D eigenvalue weighted by Crippen LogP contribution is -2.57. The number of sulfone groups is 1. The fourth-order valence-electron chi connectivity index (χ4n) is 4.44. The lowest BCUT2D eigenvalue weighted by Gasteiger charge is -2.48. The van der Waals surface area contributed by atoms with Crippen LogP contribution in [0.3, 0.4) is 0 Å². The third-order valence-corrected chi connectivity index (χ3v) is 9.89. The Morgan fingerprint density at radius 3 is 2.27 bits per heavy atom. The monoisotopic (exact) mass is 571 g/mol. The van der Waals surface area contributed by atoms with Gasteiger partial charge in [-0.3, -0.25) is 4.79 Å². The lowest BCUT2D eigenvalue weighted by atomic mass is 9.89. The van der Waals surface area contributed by atoms with Gasteiger partial charge in [0.25, 0.3) is 5.91 Å². The Hall–Kier alpha value is -1.68. The molecule has 1 aliphatic heterocycles. The lowest BCUT2D eigenvalue weighted by molar-refractivity contribution is -0.191. The first-order chi connectivity index (χ1) is 17.3. The molecular weight excluding hydrogens is 537 g/mol. The van der Waals surface area contributed by atoms with Gasteiger partial charge in [0.2, 0.25) is 0 Å². The molecule has 7 nitrogen and oxygen atoms in total. The predicted molar refractivity (Wildman–Crippen MR) is 145 cm³/mol. The molecule has 0 radical (unpaired) electrons. The van der Waals surface area contributed by atoms with Gasteiger partial charge < -0.3 is 19.5 Å². The smallest absolute Gasteiger partial charge is 0.252 e. The van der Waals surface area contributed by atoms with Crippen molar-refractivity contribution >= 4 is 38.9 Å². The summed E-state index contributed by atoms with van der Waals surface area (Å²) in [6, 6.07) is 12.9. The van der Waals surface area contributed by atoms with Crippen LogP contribution in [0, 0.1) is 0 Å². The van der Waals surface area contributed by atoms with Crippen LogP contribution in [-0.2, 0) is 24.1 Å². The average Bonchev–Trinajstić information content (AvgIpc) is 2.83. The van der Waals surface area contributed by atoms with E-state index in [1.54, 1.807) is 56.0 Å². The number of aliphatic hydroxyl groups excluding tert-OH is 1. The van der Waals surface area contributed by atoms with Crippen molar-refractivity contribution in [2.75, 3.05) is 12.9 Å². The molecule has 5 unspecified atom stereocenters. The highest BCUT2D eigenvalue weighted by Crippen LogP contribution is 2.45. The van der Waals surface area contributed by atoms with Crippen molar-refractivity contribution in [2.45, 2.75) is 75.9 Å². The topological polar surface area (TPSA) is 93.1 Å². The first-order valence-corrected chi connectivity index (χ1v) is 14.6. The minimum Gasteiger partial charge on any atom is -0.368 e. The summed E-state index contributed by atoms with van der Waals surface area (Å²) < 4.78 is 37.0. The molecule has 1 aliphatic rings. The molecule has 5 atom stereocenters. The number of hydrogen-bond acceptors (Lipinski definition) is 6. The van der Waals surface area contributed by atoms with Gasteiger partial charge in [-0.2, -0.15) is 0 Å². The Kier molecular flexibility index (Phi) is 9.70. The minimum atomic E-state index is -3.58. The van der Waals surface area contributed by atoms with Crippen LogP contribution in [0.25, 0.3) is 0 Å². The van der Waals surface area contributed by atoms with Crippen LogP contribution >= 0.6 is 23.2 Å².